The molecule has 1 aromatic heterocycles. The molecule has 6 heteroatoms. The zero-order chi connectivity index (χ0) is 19.0. The SMILES string of the molecule is COc1cc2c(cc1OC)CN(C(=O)c1cc(=O)[nH]c3ccccc13)CC2. The number of carbonyl (C=O) groups is 1. The number of rotatable bonds is 3. The molecule has 0 bridgehead atoms. The number of nitrogens with one attached hydrogen (secondary N) is 1. The van der Waals surface area contributed by atoms with Crippen LogP contribution in [0, 0.1) is 0 Å². The van der Waals surface area contributed by atoms with E-state index in [9.17, 15) is 9.59 Å². The molecule has 1 N–H and O–H groups in total. The lowest BCUT2D eigenvalue weighted by molar-refractivity contribution is 0.0736. The molecule has 2 aromatic carbocycles. The second-order valence-corrected chi connectivity index (χ2v) is 6.55. The van der Waals surface area contributed by atoms with E-state index in [4.69, 9.17) is 9.47 Å². The highest BCUT2D eigenvalue weighted by Gasteiger charge is 2.25. The molecule has 0 atom stereocenters. The summed E-state index contributed by atoms with van der Waals surface area (Å²) in [6, 6.07) is 12.6. The van der Waals surface area contributed by atoms with Crippen molar-refractivity contribution in [2.45, 2.75) is 13.0 Å². The van der Waals surface area contributed by atoms with Crippen LogP contribution in [0.4, 0.5) is 0 Å². The van der Waals surface area contributed by atoms with Gasteiger partial charge in [0.05, 0.1) is 19.8 Å². The van der Waals surface area contributed by atoms with Crippen LogP contribution in [0.2, 0.25) is 0 Å². The van der Waals surface area contributed by atoms with Crippen molar-refractivity contribution >= 4 is 16.8 Å². The molecular weight excluding hydrogens is 344 g/mol. The highest BCUT2D eigenvalue weighted by atomic mass is 16.5. The maximum Gasteiger partial charge on any atom is 0.255 e. The number of pyridine rings is 1. The third-order valence-electron chi connectivity index (χ3n) is 4.99. The Hall–Kier alpha value is -3.28. The van der Waals surface area contributed by atoms with E-state index >= 15 is 0 Å². The van der Waals surface area contributed by atoms with Crippen LogP contribution in [-0.4, -0.2) is 36.6 Å². The first-order valence-electron chi connectivity index (χ1n) is 8.76. The lowest BCUT2D eigenvalue weighted by Gasteiger charge is -2.30. The van der Waals surface area contributed by atoms with Crippen molar-refractivity contribution in [1.82, 2.24) is 9.88 Å². The van der Waals surface area contributed by atoms with Crippen molar-refractivity contribution in [3.63, 3.8) is 0 Å². The van der Waals surface area contributed by atoms with E-state index in [2.05, 4.69) is 4.98 Å². The highest BCUT2D eigenvalue weighted by Crippen LogP contribution is 2.33. The van der Waals surface area contributed by atoms with E-state index in [1.807, 2.05) is 30.3 Å². The number of ether oxygens (including phenoxy) is 2. The molecule has 1 aliphatic rings. The molecule has 4 rings (SSSR count). The number of aromatic nitrogens is 1. The van der Waals surface area contributed by atoms with Crippen molar-refractivity contribution in [2.24, 2.45) is 0 Å². The van der Waals surface area contributed by atoms with Gasteiger partial charge in [-0.3, -0.25) is 9.59 Å². The summed E-state index contributed by atoms with van der Waals surface area (Å²) in [5.74, 6) is 1.20. The highest BCUT2D eigenvalue weighted by molar-refractivity contribution is 6.06. The van der Waals surface area contributed by atoms with E-state index < -0.39 is 0 Å². The van der Waals surface area contributed by atoms with Gasteiger partial charge in [0.25, 0.3) is 5.91 Å². The maximum atomic E-state index is 13.2. The Morgan fingerprint density at radius 2 is 1.74 bits per heavy atom. The van der Waals surface area contributed by atoms with Crippen LogP contribution in [0.1, 0.15) is 21.5 Å². The summed E-state index contributed by atoms with van der Waals surface area (Å²) < 4.78 is 10.7. The Kier molecular flexibility index (Phi) is 4.32. The number of nitrogens with zero attached hydrogens (tertiary/aromatic N) is 1. The van der Waals surface area contributed by atoms with Crippen LogP contribution < -0.4 is 15.0 Å². The van der Waals surface area contributed by atoms with Gasteiger partial charge < -0.3 is 19.4 Å². The van der Waals surface area contributed by atoms with Crippen molar-refractivity contribution < 1.29 is 14.3 Å². The fourth-order valence-electron chi connectivity index (χ4n) is 3.61. The molecule has 0 fully saturated rings. The third kappa shape index (κ3) is 3.03. The van der Waals surface area contributed by atoms with E-state index in [1.165, 1.54) is 6.07 Å². The number of hydrogen-bond donors (Lipinski definition) is 1. The van der Waals surface area contributed by atoms with Crippen LogP contribution in [0.25, 0.3) is 10.9 Å². The van der Waals surface area contributed by atoms with Crippen LogP contribution in [0.3, 0.4) is 0 Å². The van der Waals surface area contributed by atoms with Gasteiger partial charge >= 0.3 is 0 Å². The number of benzene rings is 2. The monoisotopic (exact) mass is 364 g/mol. The number of para-hydroxylation sites is 1. The second-order valence-electron chi connectivity index (χ2n) is 6.55. The van der Waals surface area contributed by atoms with Gasteiger partial charge in [0.2, 0.25) is 5.56 Å². The average Bonchev–Trinajstić information content (AvgIpc) is 2.71. The predicted octanol–water partition coefficient (Wildman–Crippen LogP) is 2.74. The Balaban J connectivity index is 1.70. The first kappa shape index (κ1) is 17.1. The molecule has 3 aromatic rings. The minimum atomic E-state index is -0.277. The predicted molar refractivity (Wildman–Crippen MR) is 103 cm³/mol. The fraction of sp³-hybridized carbons (Fsp3) is 0.238. The molecule has 0 saturated carbocycles. The number of amides is 1. The van der Waals surface area contributed by atoms with Gasteiger partial charge in [0, 0.05) is 30.1 Å². The van der Waals surface area contributed by atoms with Gasteiger partial charge in [0.15, 0.2) is 11.5 Å². The molecule has 27 heavy (non-hydrogen) atoms. The van der Waals surface area contributed by atoms with Gasteiger partial charge in [-0.25, -0.2) is 0 Å². The third-order valence-corrected chi connectivity index (χ3v) is 4.99. The summed E-state index contributed by atoms with van der Waals surface area (Å²) in [5.41, 5.74) is 2.99. The number of fused-ring (bicyclic) bond motifs is 2. The van der Waals surface area contributed by atoms with Crippen LogP contribution in [0.15, 0.2) is 47.3 Å². The van der Waals surface area contributed by atoms with Crippen LogP contribution >= 0.6 is 0 Å². The van der Waals surface area contributed by atoms with Crippen molar-refractivity contribution in [2.75, 3.05) is 20.8 Å². The molecule has 138 valence electrons. The van der Waals surface area contributed by atoms with E-state index in [0.717, 1.165) is 22.9 Å². The number of H-pyrrole nitrogens is 1. The molecule has 0 aliphatic carbocycles. The second kappa shape index (κ2) is 6.79. The first-order valence-corrected chi connectivity index (χ1v) is 8.76. The van der Waals surface area contributed by atoms with Crippen molar-refractivity contribution in [3.05, 3.63) is 69.5 Å². The summed E-state index contributed by atoms with van der Waals surface area (Å²) in [5, 5.41) is 0.750. The number of methoxy groups -OCH3 is 2. The van der Waals surface area contributed by atoms with Gasteiger partial charge in [-0.2, -0.15) is 0 Å². The maximum absolute atomic E-state index is 13.2. The Labute approximate surface area is 156 Å². The van der Waals surface area contributed by atoms with Gasteiger partial charge in [-0.15, -0.1) is 0 Å². The van der Waals surface area contributed by atoms with Crippen LogP contribution in [0.5, 0.6) is 11.5 Å². The topological polar surface area (TPSA) is 71.6 Å². The summed E-state index contributed by atoms with van der Waals surface area (Å²) in [6.45, 7) is 1.05. The smallest absolute Gasteiger partial charge is 0.255 e. The molecule has 0 spiro atoms. The quantitative estimate of drug-likeness (QED) is 0.776. The summed E-state index contributed by atoms with van der Waals surface area (Å²) in [6.07, 6.45) is 0.725. The van der Waals surface area contributed by atoms with Gasteiger partial charge in [0.1, 0.15) is 0 Å². The van der Waals surface area contributed by atoms with Gasteiger partial charge in [-0.05, 0) is 35.7 Å². The fourth-order valence-corrected chi connectivity index (χ4v) is 3.61. The molecule has 0 radical (unpaired) electrons. The Bertz CT molecular complexity index is 1090. The first-order chi connectivity index (χ1) is 13.1. The summed E-state index contributed by atoms with van der Waals surface area (Å²) >= 11 is 0. The van der Waals surface area contributed by atoms with E-state index in [-0.39, 0.29) is 11.5 Å². The molecular formula is C21H20N2O4. The largest absolute Gasteiger partial charge is 0.493 e. The minimum Gasteiger partial charge on any atom is -0.493 e. The lowest BCUT2D eigenvalue weighted by Crippen LogP contribution is -2.36. The van der Waals surface area contributed by atoms with Gasteiger partial charge in [-0.1, -0.05) is 18.2 Å². The summed E-state index contributed by atoms with van der Waals surface area (Å²) in [4.78, 5) is 29.7. The number of carbonyl (C=O) groups excluding carboxylic acids is 1. The molecule has 2 heterocycles. The normalized spacial score (nSPS) is 13.3. The summed E-state index contributed by atoms with van der Waals surface area (Å²) in [7, 11) is 3.21. The zero-order valence-corrected chi connectivity index (χ0v) is 15.2. The Morgan fingerprint density at radius 1 is 1.04 bits per heavy atom. The lowest BCUT2D eigenvalue weighted by atomic mass is 9.97. The Morgan fingerprint density at radius 3 is 2.48 bits per heavy atom. The molecule has 0 unspecified atom stereocenters. The molecule has 1 aliphatic heterocycles. The van der Waals surface area contributed by atoms with Crippen molar-refractivity contribution in [1.29, 1.82) is 0 Å². The molecule has 0 saturated heterocycles. The molecule has 1 amide bonds. The molecule has 6 nitrogen and oxygen atoms in total. The van der Waals surface area contributed by atoms with E-state index in [1.54, 1.807) is 25.2 Å². The number of aromatic amines is 1. The number of hydrogen-bond acceptors (Lipinski definition) is 4. The zero-order valence-electron chi connectivity index (χ0n) is 15.2. The van der Waals surface area contributed by atoms with Crippen LogP contribution in [-0.2, 0) is 13.0 Å². The van der Waals surface area contributed by atoms with Crippen molar-refractivity contribution in [3.8, 4) is 11.5 Å². The minimum absolute atomic E-state index is 0.141. The average molecular weight is 364 g/mol. The van der Waals surface area contributed by atoms with E-state index in [0.29, 0.717) is 35.7 Å². The standard InChI is InChI=1S/C21H20N2O4/c1-26-18-9-13-7-8-23(12-14(13)10-19(18)27-2)21(25)16-11-20(24)22-17-6-4-3-5-15(16)17/h3-6,9-11H,7-8,12H2,1-2H3,(H,22,24).